The number of carbonyl (C=O) groups excluding carboxylic acids is 1. The van der Waals surface area contributed by atoms with Gasteiger partial charge >= 0.3 is 0 Å². The third-order valence-electron chi connectivity index (χ3n) is 3.09. The van der Waals surface area contributed by atoms with Gasteiger partial charge in [0.2, 0.25) is 0 Å². The van der Waals surface area contributed by atoms with Gasteiger partial charge in [0, 0.05) is 30.4 Å². The minimum absolute atomic E-state index is 0.0981. The van der Waals surface area contributed by atoms with E-state index >= 15 is 0 Å². The Kier molecular flexibility index (Phi) is 6.04. The number of rotatable bonds is 6. The molecule has 7 nitrogen and oxygen atoms in total. The van der Waals surface area contributed by atoms with Crippen LogP contribution in [0.5, 0.6) is 0 Å². The molecule has 1 amide bonds. The van der Waals surface area contributed by atoms with Crippen LogP contribution >= 0.6 is 27.3 Å². The van der Waals surface area contributed by atoms with Crippen LogP contribution < -0.4 is 16.2 Å². The third kappa shape index (κ3) is 4.18. The van der Waals surface area contributed by atoms with E-state index in [0.717, 1.165) is 19.6 Å². The minimum atomic E-state index is -0.424. The molecule has 2 rings (SSSR count). The Hall–Kier alpha value is -2.26. The van der Waals surface area contributed by atoms with Gasteiger partial charge in [-0.2, -0.15) is 9.78 Å². The van der Waals surface area contributed by atoms with Crippen molar-refractivity contribution < 1.29 is 4.79 Å². The van der Waals surface area contributed by atoms with E-state index in [9.17, 15) is 9.59 Å². The second-order valence-electron chi connectivity index (χ2n) is 4.81. The molecule has 2 aromatic rings. The van der Waals surface area contributed by atoms with Crippen LogP contribution in [0.3, 0.4) is 0 Å². The highest BCUT2D eigenvalue weighted by Crippen LogP contribution is 2.27. The molecule has 0 aromatic carbocycles. The van der Waals surface area contributed by atoms with E-state index in [4.69, 9.17) is 5.41 Å². The second kappa shape index (κ2) is 8.02. The summed E-state index contributed by atoms with van der Waals surface area (Å²) in [6, 6.07) is 6.27. The Balaban J connectivity index is 2.25. The van der Waals surface area contributed by atoms with Crippen LogP contribution in [0, 0.1) is 5.41 Å². The average molecular weight is 410 g/mol. The van der Waals surface area contributed by atoms with Gasteiger partial charge in [0.05, 0.1) is 9.83 Å². The molecule has 3 N–H and O–H groups in total. The molecule has 0 aliphatic carbocycles. The predicted octanol–water partition coefficient (Wildman–Crippen LogP) is 2.23. The van der Waals surface area contributed by atoms with Gasteiger partial charge in [-0.3, -0.25) is 9.59 Å². The van der Waals surface area contributed by atoms with E-state index in [1.54, 1.807) is 7.05 Å². The lowest BCUT2D eigenvalue weighted by atomic mass is 10.2. The molecular formula is C15H16BrN5O2S. The number of amides is 1. The van der Waals surface area contributed by atoms with Crippen LogP contribution in [-0.4, -0.2) is 28.9 Å². The van der Waals surface area contributed by atoms with E-state index < -0.39 is 11.5 Å². The number of hydrogen-bond donors (Lipinski definition) is 3. The molecule has 0 aliphatic heterocycles. The SMILES string of the molecule is CN/C=C(\C=N)n1nc(C(=O)N[C@H](C)c2ccc(Br)s2)ccc1=O. The van der Waals surface area contributed by atoms with E-state index in [2.05, 4.69) is 31.7 Å². The predicted molar refractivity (Wildman–Crippen MR) is 98.5 cm³/mol. The van der Waals surface area contributed by atoms with E-state index in [1.807, 2.05) is 19.1 Å². The largest absolute Gasteiger partial charge is 0.392 e. The standard InChI is InChI=1S/C15H16BrN5O2S/c1-9(12-4-5-13(16)24-12)19-15(23)11-3-6-14(22)21(20-11)10(7-17)8-18-2/h3-9,17-18H,1-2H3,(H,19,23)/b10-8+,17-7?/t9-/m1/s1. The molecule has 9 heteroatoms. The monoisotopic (exact) mass is 409 g/mol. The summed E-state index contributed by atoms with van der Waals surface area (Å²) in [6.45, 7) is 1.87. The number of nitrogens with one attached hydrogen (secondary N) is 3. The lowest BCUT2D eigenvalue weighted by Gasteiger charge is -2.12. The van der Waals surface area contributed by atoms with Crippen LogP contribution in [0.15, 0.2) is 39.0 Å². The number of halogens is 1. The van der Waals surface area contributed by atoms with Gasteiger partial charge in [0.1, 0.15) is 11.4 Å². The first-order valence-electron chi connectivity index (χ1n) is 7.01. The van der Waals surface area contributed by atoms with E-state index in [0.29, 0.717) is 0 Å². The maximum atomic E-state index is 12.4. The summed E-state index contributed by atoms with van der Waals surface area (Å²) in [4.78, 5) is 25.3. The van der Waals surface area contributed by atoms with Gasteiger partial charge in [0.15, 0.2) is 0 Å². The number of nitrogens with zero attached hydrogens (tertiary/aromatic N) is 2. The van der Waals surface area contributed by atoms with Crippen molar-refractivity contribution in [1.82, 2.24) is 20.4 Å². The van der Waals surface area contributed by atoms with Crippen LogP contribution in [-0.2, 0) is 0 Å². The number of allylic oxidation sites excluding steroid dienone is 1. The van der Waals surface area contributed by atoms with Crippen LogP contribution in [0.25, 0.3) is 5.70 Å². The molecule has 0 unspecified atom stereocenters. The quantitative estimate of drug-likeness (QED) is 0.636. The smallest absolute Gasteiger partial charge is 0.272 e. The first kappa shape index (κ1) is 18.1. The Morgan fingerprint density at radius 1 is 1.42 bits per heavy atom. The van der Waals surface area contributed by atoms with Crippen molar-refractivity contribution in [3.8, 4) is 0 Å². The van der Waals surface area contributed by atoms with E-state index in [1.165, 1.54) is 29.7 Å². The Morgan fingerprint density at radius 2 is 2.17 bits per heavy atom. The van der Waals surface area contributed by atoms with Crippen molar-refractivity contribution in [2.24, 2.45) is 0 Å². The minimum Gasteiger partial charge on any atom is -0.392 e. The zero-order valence-corrected chi connectivity index (χ0v) is 15.4. The normalized spacial score (nSPS) is 12.5. The summed E-state index contributed by atoms with van der Waals surface area (Å²) in [5, 5.41) is 17.0. The molecular weight excluding hydrogens is 394 g/mol. The molecule has 0 fully saturated rings. The Labute approximate surface area is 151 Å². The highest BCUT2D eigenvalue weighted by molar-refractivity contribution is 9.11. The molecule has 24 heavy (non-hydrogen) atoms. The maximum Gasteiger partial charge on any atom is 0.272 e. The number of hydrogen-bond acceptors (Lipinski definition) is 6. The molecule has 0 saturated carbocycles. The van der Waals surface area contributed by atoms with Crippen molar-refractivity contribution in [3.63, 3.8) is 0 Å². The molecule has 0 saturated heterocycles. The van der Waals surface area contributed by atoms with Crippen LogP contribution in [0.2, 0.25) is 0 Å². The average Bonchev–Trinajstić information content (AvgIpc) is 3.00. The summed E-state index contributed by atoms with van der Waals surface area (Å²) in [5.74, 6) is -0.394. The maximum absolute atomic E-state index is 12.4. The highest BCUT2D eigenvalue weighted by Gasteiger charge is 2.15. The first-order valence-corrected chi connectivity index (χ1v) is 8.62. The first-order chi connectivity index (χ1) is 11.5. The fourth-order valence-corrected chi connectivity index (χ4v) is 3.36. The third-order valence-corrected chi connectivity index (χ3v) is 4.89. The van der Waals surface area contributed by atoms with Gasteiger partial charge in [-0.05, 0) is 41.1 Å². The molecule has 0 aliphatic rings. The van der Waals surface area contributed by atoms with Gasteiger partial charge in [-0.15, -0.1) is 11.3 Å². The van der Waals surface area contributed by atoms with Crippen molar-refractivity contribution in [1.29, 1.82) is 5.41 Å². The fraction of sp³-hybridized carbons (Fsp3) is 0.200. The summed E-state index contributed by atoms with van der Waals surface area (Å²) in [5.41, 5.74) is -0.0971. The number of aromatic nitrogens is 2. The van der Waals surface area contributed by atoms with Crippen LogP contribution in [0.4, 0.5) is 0 Å². The van der Waals surface area contributed by atoms with Crippen molar-refractivity contribution >= 4 is 45.1 Å². The van der Waals surface area contributed by atoms with E-state index in [-0.39, 0.29) is 17.4 Å². The highest BCUT2D eigenvalue weighted by atomic mass is 79.9. The zero-order valence-electron chi connectivity index (χ0n) is 13.0. The second-order valence-corrected chi connectivity index (χ2v) is 7.30. The molecule has 1 atom stereocenters. The number of carbonyl (C=O) groups is 1. The summed E-state index contributed by atoms with van der Waals surface area (Å²) < 4.78 is 1.99. The van der Waals surface area contributed by atoms with Gasteiger partial charge in [-0.25, -0.2) is 0 Å². The summed E-state index contributed by atoms with van der Waals surface area (Å²) >= 11 is 4.92. The fourth-order valence-electron chi connectivity index (χ4n) is 1.93. The number of thiophene rings is 1. The molecule has 2 aromatic heterocycles. The zero-order chi connectivity index (χ0) is 17.7. The topological polar surface area (TPSA) is 99.9 Å². The van der Waals surface area contributed by atoms with Gasteiger partial charge in [0.25, 0.3) is 11.5 Å². The van der Waals surface area contributed by atoms with Crippen molar-refractivity contribution in [2.45, 2.75) is 13.0 Å². The molecule has 2 heterocycles. The molecule has 0 spiro atoms. The molecule has 0 radical (unpaired) electrons. The van der Waals surface area contributed by atoms with Crippen LogP contribution in [0.1, 0.15) is 28.3 Å². The van der Waals surface area contributed by atoms with Gasteiger partial charge in [-0.1, -0.05) is 0 Å². The molecule has 126 valence electrons. The Bertz CT molecular complexity index is 842. The summed E-state index contributed by atoms with van der Waals surface area (Å²) in [7, 11) is 1.64. The van der Waals surface area contributed by atoms with Gasteiger partial charge < -0.3 is 16.0 Å². The lowest BCUT2D eigenvalue weighted by Crippen LogP contribution is -2.31. The summed E-state index contributed by atoms with van der Waals surface area (Å²) in [6.07, 6.45) is 2.44. The van der Waals surface area contributed by atoms with Crippen molar-refractivity contribution in [2.75, 3.05) is 7.05 Å². The molecule has 0 bridgehead atoms. The lowest BCUT2D eigenvalue weighted by molar-refractivity contribution is 0.0933. The Morgan fingerprint density at radius 3 is 2.75 bits per heavy atom. The van der Waals surface area contributed by atoms with Crippen molar-refractivity contribution in [3.05, 3.63) is 55.2 Å².